The van der Waals surface area contributed by atoms with Crippen LogP contribution in [0.5, 0.6) is 5.75 Å². The van der Waals surface area contributed by atoms with Crippen molar-refractivity contribution in [3.63, 3.8) is 0 Å². The first-order chi connectivity index (χ1) is 12.0. The van der Waals surface area contributed by atoms with Crippen molar-refractivity contribution in [1.29, 1.82) is 0 Å². The Kier molecular flexibility index (Phi) is 4.81. The second-order valence-electron chi connectivity index (χ2n) is 5.83. The molecule has 5 heteroatoms. The summed E-state index contributed by atoms with van der Waals surface area (Å²) in [6.45, 7) is 2.53. The van der Waals surface area contributed by atoms with Crippen LogP contribution in [0, 0.1) is 6.92 Å². The lowest BCUT2D eigenvalue weighted by Crippen LogP contribution is -2.12. The Balaban J connectivity index is 2.07. The van der Waals surface area contributed by atoms with Crippen LogP contribution < -0.4 is 10.5 Å². The van der Waals surface area contributed by atoms with E-state index in [2.05, 4.69) is 4.57 Å². The van der Waals surface area contributed by atoms with Crippen molar-refractivity contribution in [2.45, 2.75) is 13.5 Å². The van der Waals surface area contributed by atoms with E-state index in [1.54, 1.807) is 7.11 Å². The third kappa shape index (κ3) is 3.54. The number of rotatable bonds is 5. The van der Waals surface area contributed by atoms with E-state index in [4.69, 9.17) is 22.1 Å². The summed E-state index contributed by atoms with van der Waals surface area (Å²) in [6.07, 6.45) is 0. The molecule has 0 bridgehead atoms. The van der Waals surface area contributed by atoms with Crippen LogP contribution >= 0.6 is 11.6 Å². The van der Waals surface area contributed by atoms with E-state index in [0.29, 0.717) is 17.1 Å². The standard InChI is InChI=1S/C20H19ClN2O2/c1-13-18(20(22)24)11-19(15-5-9-17(25-2)10-6-15)23(13)12-14-3-7-16(21)8-4-14/h3-11H,12H2,1-2H3,(H2,22,24). The maximum Gasteiger partial charge on any atom is 0.250 e. The first-order valence-corrected chi connectivity index (χ1v) is 8.26. The topological polar surface area (TPSA) is 57.2 Å². The van der Waals surface area contributed by atoms with Gasteiger partial charge in [-0.25, -0.2) is 0 Å². The Morgan fingerprint density at radius 2 is 1.76 bits per heavy atom. The molecule has 0 fully saturated rings. The Morgan fingerprint density at radius 3 is 2.32 bits per heavy atom. The van der Waals surface area contributed by atoms with Crippen LogP contribution in [-0.4, -0.2) is 17.6 Å². The van der Waals surface area contributed by atoms with Crippen molar-refractivity contribution in [1.82, 2.24) is 4.57 Å². The molecule has 0 radical (unpaired) electrons. The van der Waals surface area contributed by atoms with Gasteiger partial charge < -0.3 is 15.0 Å². The molecule has 2 N–H and O–H groups in total. The van der Waals surface area contributed by atoms with Gasteiger partial charge in [-0.3, -0.25) is 4.79 Å². The maximum atomic E-state index is 11.8. The molecule has 0 aliphatic carbocycles. The zero-order valence-electron chi connectivity index (χ0n) is 14.1. The van der Waals surface area contributed by atoms with Gasteiger partial charge in [-0.15, -0.1) is 0 Å². The van der Waals surface area contributed by atoms with Gasteiger partial charge in [-0.2, -0.15) is 0 Å². The van der Waals surface area contributed by atoms with E-state index in [1.165, 1.54) is 0 Å². The minimum Gasteiger partial charge on any atom is -0.497 e. The molecule has 2 aromatic carbocycles. The Hall–Kier alpha value is -2.72. The van der Waals surface area contributed by atoms with Gasteiger partial charge in [0.2, 0.25) is 0 Å². The summed E-state index contributed by atoms with van der Waals surface area (Å²) in [4.78, 5) is 11.8. The number of carbonyl (C=O) groups excluding carboxylic acids is 1. The fourth-order valence-corrected chi connectivity index (χ4v) is 3.00. The fraction of sp³-hybridized carbons (Fsp3) is 0.150. The monoisotopic (exact) mass is 354 g/mol. The van der Waals surface area contributed by atoms with Gasteiger partial charge in [0.05, 0.1) is 12.7 Å². The second kappa shape index (κ2) is 7.03. The molecule has 0 saturated carbocycles. The Morgan fingerprint density at radius 1 is 1.12 bits per heavy atom. The van der Waals surface area contributed by atoms with Crippen LogP contribution in [0.2, 0.25) is 5.02 Å². The number of carbonyl (C=O) groups is 1. The number of aromatic nitrogens is 1. The summed E-state index contributed by atoms with van der Waals surface area (Å²) in [6, 6.07) is 17.2. The highest BCUT2D eigenvalue weighted by Gasteiger charge is 2.17. The van der Waals surface area contributed by atoms with Gasteiger partial charge in [-0.05, 0) is 60.5 Å². The highest BCUT2D eigenvalue weighted by molar-refractivity contribution is 6.30. The van der Waals surface area contributed by atoms with Crippen LogP contribution in [0.3, 0.4) is 0 Å². The molecule has 25 heavy (non-hydrogen) atoms. The lowest BCUT2D eigenvalue weighted by atomic mass is 10.1. The number of nitrogens with zero attached hydrogens (tertiary/aromatic N) is 1. The highest BCUT2D eigenvalue weighted by atomic mass is 35.5. The minimum atomic E-state index is -0.429. The summed E-state index contributed by atoms with van der Waals surface area (Å²) < 4.78 is 7.30. The molecular weight excluding hydrogens is 336 g/mol. The zero-order chi connectivity index (χ0) is 18.0. The Bertz CT molecular complexity index is 897. The van der Waals surface area contributed by atoms with Crippen molar-refractivity contribution >= 4 is 17.5 Å². The van der Waals surface area contributed by atoms with Crippen LogP contribution in [-0.2, 0) is 6.54 Å². The van der Waals surface area contributed by atoms with E-state index >= 15 is 0 Å². The highest BCUT2D eigenvalue weighted by Crippen LogP contribution is 2.28. The molecule has 4 nitrogen and oxygen atoms in total. The number of hydrogen-bond donors (Lipinski definition) is 1. The van der Waals surface area contributed by atoms with Crippen LogP contribution in [0.4, 0.5) is 0 Å². The Labute approximate surface area is 151 Å². The average Bonchev–Trinajstić information content (AvgIpc) is 2.94. The van der Waals surface area contributed by atoms with Gasteiger partial charge in [0.15, 0.2) is 0 Å². The van der Waals surface area contributed by atoms with Crippen LogP contribution in [0.1, 0.15) is 21.6 Å². The predicted octanol–water partition coefficient (Wildman–Crippen LogP) is 4.27. The minimum absolute atomic E-state index is 0.429. The average molecular weight is 355 g/mol. The maximum absolute atomic E-state index is 11.8. The second-order valence-corrected chi connectivity index (χ2v) is 6.27. The largest absolute Gasteiger partial charge is 0.497 e. The zero-order valence-corrected chi connectivity index (χ0v) is 14.9. The van der Waals surface area contributed by atoms with Crippen molar-refractivity contribution in [3.8, 4) is 17.0 Å². The molecule has 0 unspecified atom stereocenters. The summed E-state index contributed by atoms with van der Waals surface area (Å²) in [5.74, 6) is 0.355. The molecular formula is C20H19ClN2O2. The molecule has 0 spiro atoms. The molecule has 0 saturated heterocycles. The van der Waals surface area contributed by atoms with E-state index in [9.17, 15) is 4.79 Å². The van der Waals surface area contributed by atoms with Crippen molar-refractivity contribution in [2.75, 3.05) is 7.11 Å². The number of ether oxygens (including phenoxy) is 1. The molecule has 0 atom stereocenters. The van der Waals surface area contributed by atoms with E-state index in [0.717, 1.165) is 28.3 Å². The third-order valence-electron chi connectivity index (χ3n) is 4.27. The van der Waals surface area contributed by atoms with Crippen LogP contribution in [0.25, 0.3) is 11.3 Å². The summed E-state index contributed by atoms with van der Waals surface area (Å²) in [5, 5.41) is 0.696. The molecule has 128 valence electrons. The molecule has 0 aliphatic rings. The molecule has 1 aromatic heterocycles. The lowest BCUT2D eigenvalue weighted by Gasteiger charge is -2.13. The predicted molar refractivity (Wildman–Crippen MR) is 100 cm³/mol. The lowest BCUT2D eigenvalue weighted by molar-refractivity contribution is 0.0999. The van der Waals surface area contributed by atoms with Crippen LogP contribution in [0.15, 0.2) is 54.6 Å². The van der Waals surface area contributed by atoms with Gasteiger partial charge in [0.25, 0.3) is 5.91 Å². The number of methoxy groups -OCH3 is 1. The molecule has 3 rings (SSSR count). The van der Waals surface area contributed by atoms with Gasteiger partial charge >= 0.3 is 0 Å². The number of primary amides is 1. The third-order valence-corrected chi connectivity index (χ3v) is 4.52. The summed E-state index contributed by atoms with van der Waals surface area (Å²) in [7, 11) is 1.63. The van der Waals surface area contributed by atoms with Crippen molar-refractivity contribution in [3.05, 3.63) is 76.4 Å². The summed E-state index contributed by atoms with van der Waals surface area (Å²) in [5.41, 5.74) is 9.93. The number of amides is 1. The number of benzene rings is 2. The van der Waals surface area contributed by atoms with Gasteiger partial charge in [0.1, 0.15) is 5.75 Å². The SMILES string of the molecule is COc1ccc(-c2cc(C(N)=O)c(C)n2Cc2ccc(Cl)cc2)cc1. The molecule has 3 aromatic rings. The quantitative estimate of drug-likeness (QED) is 0.743. The molecule has 1 heterocycles. The fourth-order valence-electron chi connectivity index (χ4n) is 2.87. The van der Waals surface area contributed by atoms with E-state index in [-0.39, 0.29) is 0 Å². The first-order valence-electron chi connectivity index (χ1n) is 7.88. The van der Waals surface area contributed by atoms with Crippen molar-refractivity contribution < 1.29 is 9.53 Å². The van der Waals surface area contributed by atoms with Gasteiger partial charge in [-0.1, -0.05) is 23.7 Å². The van der Waals surface area contributed by atoms with E-state index in [1.807, 2.05) is 61.5 Å². The summed E-state index contributed by atoms with van der Waals surface area (Å²) >= 11 is 5.97. The van der Waals surface area contributed by atoms with E-state index < -0.39 is 5.91 Å². The van der Waals surface area contributed by atoms with Gasteiger partial charge in [0, 0.05) is 23.0 Å². The normalized spacial score (nSPS) is 10.7. The number of hydrogen-bond acceptors (Lipinski definition) is 2. The number of halogens is 1. The smallest absolute Gasteiger partial charge is 0.250 e. The first kappa shape index (κ1) is 17.1. The molecule has 0 aliphatic heterocycles. The number of nitrogens with two attached hydrogens (primary N) is 1. The molecule has 1 amide bonds. The van der Waals surface area contributed by atoms with Crippen molar-refractivity contribution in [2.24, 2.45) is 5.73 Å².